The average molecular weight is 400 g/mol. The first kappa shape index (κ1) is 20.2. The fourth-order valence-electron chi connectivity index (χ4n) is 3.19. The summed E-state index contributed by atoms with van der Waals surface area (Å²) in [6.45, 7) is 7.40. The second-order valence-electron chi connectivity index (χ2n) is 6.71. The number of anilines is 1. The molecule has 1 saturated heterocycles. The first-order valence-electron chi connectivity index (χ1n) is 9.87. The Morgan fingerprint density at radius 1 is 1.11 bits per heavy atom. The largest absolute Gasteiger partial charge is 0.368 e. The minimum absolute atomic E-state index is 0.203. The summed E-state index contributed by atoms with van der Waals surface area (Å²) in [6.07, 6.45) is 0.480. The molecule has 0 radical (unpaired) electrons. The lowest BCUT2D eigenvalue weighted by Gasteiger charge is -2.36. The lowest BCUT2D eigenvalue weighted by Crippen LogP contribution is -2.49. The van der Waals surface area contributed by atoms with Gasteiger partial charge in [-0.3, -0.25) is 4.79 Å². The SMILES string of the molecule is CCNC(=NCc1ccsc1)NCCC(=O)N1CCN(c2ccccc2)CC1. The summed E-state index contributed by atoms with van der Waals surface area (Å²) in [5.41, 5.74) is 2.43. The van der Waals surface area contributed by atoms with E-state index >= 15 is 0 Å². The molecule has 2 heterocycles. The second kappa shape index (κ2) is 10.7. The van der Waals surface area contributed by atoms with Crippen LogP contribution < -0.4 is 15.5 Å². The van der Waals surface area contributed by atoms with Crippen LogP contribution in [-0.4, -0.2) is 56.0 Å². The second-order valence-corrected chi connectivity index (χ2v) is 7.49. The first-order chi connectivity index (χ1) is 13.8. The number of aliphatic imine (C=N–C) groups is 1. The third kappa shape index (κ3) is 5.99. The first-order valence-corrected chi connectivity index (χ1v) is 10.8. The Kier molecular flexibility index (Phi) is 7.72. The Morgan fingerprint density at radius 3 is 2.57 bits per heavy atom. The van der Waals surface area contributed by atoms with E-state index in [1.807, 2.05) is 17.9 Å². The van der Waals surface area contributed by atoms with Gasteiger partial charge in [-0.1, -0.05) is 18.2 Å². The highest BCUT2D eigenvalue weighted by Gasteiger charge is 2.20. The molecule has 1 aliphatic rings. The molecule has 1 aromatic heterocycles. The molecule has 7 heteroatoms. The molecule has 0 atom stereocenters. The summed E-state index contributed by atoms with van der Waals surface area (Å²) >= 11 is 1.68. The van der Waals surface area contributed by atoms with Crippen molar-refractivity contribution in [1.29, 1.82) is 0 Å². The number of carbonyl (C=O) groups excluding carboxylic acids is 1. The standard InChI is InChI=1S/C21H29N5OS/c1-2-22-21(24-16-18-9-15-28-17-18)23-10-8-20(27)26-13-11-25(12-14-26)19-6-4-3-5-7-19/h3-7,9,15,17H,2,8,10-14,16H2,1H3,(H2,22,23,24). The number of hydrogen-bond acceptors (Lipinski definition) is 4. The predicted molar refractivity (Wildman–Crippen MR) is 117 cm³/mol. The maximum atomic E-state index is 12.5. The maximum Gasteiger partial charge on any atom is 0.224 e. The van der Waals surface area contributed by atoms with Gasteiger partial charge in [0.05, 0.1) is 6.54 Å². The highest BCUT2D eigenvalue weighted by molar-refractivity contribution is 7.07. The number of rotatable bonds is 7. The van der Waals surface area contributed by atoms with Gasteiger partial charge in [0, 0.05) is 51.4 Å². The summed E-state index contributed by atoms with van der Waals surface area (Å²) in [5.74, 6) is 0.962. The van der Waals surface area contributed by atoms with Crippen molar-refractivity contribution in [3.63, 3.8) is 0 Å². The van der Waals surface area contributed by atoms with Gasteiger partial charge in [-0.2, -0.15) is 11.3 Å². The number of benzene rings is 1. The average Bonchev–Trinajstić information content (AvgIpc) is 3.26. The van der Waals surface area contributed by atoms with Crippen LogP contribution in [0.4, 0.5) is 5.69 Å². The van der Waals surface area contributed by atoms with Gasteiger partial charge in [0.15, 0.2) is 5.96 Å². The molecule has 2 N–H and O–H groups in total. The molecule has 2 aromatic rings. The number of amides is 1. The van der Waals surface area contributed by atoms with Crippen molar-refractivity contribution in [2.45, 2.75) is 19.9 Å². The van der Waals surface area contributed by atoms with Crippen LogP contribution in [0.15, 0.2) is 52.2 Å². The Hall–Kier alpha value is -2.54. The van der Waals surface area contributed by atoms with Crippen LogP contribution >= 0.6 is 11.3 Å². The van der Waals surface area contributed by atoms with Crippen LogP contribution in [0.25, 0.3) is 0 Å². The molecule has 0 bridgehead atoms. The van der Waals surface area contributed by atoms with Crippen molar-refractivity contribution in [2.75, 3.05) is 44.2 Å². The Bertz CT molecular complexity index is 739. The van der Waals surface area contributed by atoms with Gasteiger partial charge in [0.25, 0.3) is 0 Å². The minimum atomic E-state index is 0.203. The molecule has 1 amide bonds. The lowest BCUT2D eigenvalue weighted by molar-refractivity contribution is -0.131. The fraction of sp³-hybridized carbons (Fsp3) is 0.429. The monoisotopic (exact) mass is 399 g/mol. The van der Waals surface area contributed by atoms with Gasteiger partial charge in [0.2, 0.25) is 5.91 Å². The molecule has 28 heavy (non-hydrogen) atoms. The van der Waals surface area contributed by atoms with Crippen molar-refractivity contribution in [3.8, 4) is 0 Å². The molecule has 3 rings (SSSR count). The number of piperazine rings is 1. The molecular formula is C21H29N5OS. The number of hydrogen-bond donors (Lipinski definition) is 2. The lowest BCUT2D eigenvalue weighted by atomic mass is 10.2. The molecule has 150 valence electrons. The van der Waals surface area contributed by atoms with Gasteiger partial charge in [-0.15, -0.1) is 0 Å². The zero-order valence-corrected chi connectivity index (χ0v) is 17.3. The topological polar surface area (TPSA) is 60.0 Å². The van der Waals surface area contributed by atoms with E-state index in [9.17, 15) is 4.79 Å². The highest BCUT2D eigenvalue weighted by Crippen LogP contribution is 2.15. The van der Waals surface area contributed by atoms with Gasteiger partial charge < -0.3 is 20.4 Å². The predicted octanol–water partition coefficient (Wildman–Crippen LogP) is 2.54. The molecule has 6 nitrogen and oxygen atoms in total. The Labute approximate surface area is 171 Å². The van der Waals surface area contributed by atoms with E-state index in [-0.39, 0.29) is 5.91 Å². The summed E-state index contributed by atoms with van der Waals surface area (Å²) in [5, 5.41) is 10.7. The molecule has 1 aromatic carbocycles. The van der Waals surface area contributed by atoms with Crippen LogP contribution in [0.2, 0.25) is 0 Å². The van der Waals surface area contributed by atoms with E-state index < -0.39 is 0 Å². The smallest absolute Gasteiger partial charge is 0.224 e. The number of thiophene rings is 1. The Balaban J connectivity index is 1.40. The van der Waals surface area contributed by atoms with E-state index in [4.69, 9.17) is 0 Å². The van der Waals surface area contributed by atoms with E-state index in [0.29, 0.717) is 19.5 Å². The van der Waals surface area contributed by atoms with Gasteiger partial charge in [-0.25, -0.2) is 4.99 Å². The van der Waals surface area contributed by atoms with E-state index in [0.717, 1.165) is 38.7 Å². The molecule has 1 fully saturated rings. The van der Waals surface area contributed by atoms with Crippen molar-refractivity contribution in [1.82, 2.24) is 15.5 Å². The summed E-state index contributed by atoms with van der Waals surface area (Å²) in [7, 11) is 0. The van der Waals surface area contributed by atoms with E-state index in [1.54, 1.807) is 11.3 Å². The number of nitrogens with one attached hydrogen (secondary N) is 2. The minimum Gasteiger partial charge on any atom is -0.368 e. The van der Waals surface area contributed by atoms with E-state index in [2.05, 4.69) is 61.6 Å². The summed E-state index contributed by atoms with van der Waals surface area (Å²) < 4.78 is 0. The van der Waals surface area contributed by atoms with Crippen LogP contribution in [0, 0.1) is 0 Å². The van der Waals surface area contributed by atoms with Crippen LogP contribution in [0.1, 0.15) is 18.9 Å². The van der Waals surface area contributed by atoms with Crippen LogP contribution in [0.5, 0.6) is 0 Å². The molecule has 0 saturated carbocycles. The third-order valence-corrected chi connectivity index (χ3v) is 5.46. The molecule has 0 spiro atoms. The number of guanidine groups is 1. The quantitative estimate of drug-likeness (QED) is 0.555. The normalized spacial score (nSPS) is 14.8. The zero-order chi connectivity index (χ0) is 19.6. The van der Waals surface area contributed by atoms with Crippen molar-refractivity contribution < 1.29 is 4.79 Å². The molecular weight excluding hydrogens is 370 g/mol. The number of nitrogens with zero attached hydrogens (tertiary/aromatic N) is 3. The van der Waals surface area contributed by atoms with Gasteiger partial charge >= 0.3 is 0 Å². The highest BCUT2D eigenvalue weighted by atomic mass is 32.1. The van der Waals surface area contributed by atoms with Crippen LogP contribution in [-0.2, 0) is 11.3 Å². The molecule has 0 unspecified atom stereocenters. The number of para-hydroxylation sites is 1. The fourth-order valence-corrected chi connectivity index (χ4v) is 3.85. The van der Waals surface area contributed by atoms with Gasteiger partial charge in [-0.05, 0) is 41.4 Å². The van der Waals surface area contributed by atoms with E-state index in [1.165, 1.54) is 11.3 Å². The Morgan fingerprint density at radius 2 is 1.89 bits per heavy atom. The summed E-state index contributed by atoms with van der Waals surface area (Å²) in [6, 6.07) is 12.5. The van der Waals surface area contributed by atoms with Crippen molar-refractivity contribution in [3.05, 3.63) is 52.7 Å². The van der Waals surface area contributed by atoms with Crippen LogP contribution in [0.3, 0.4) is 0 Å². The molecule has 0 aliphatic carbocycles. The zero-order valence-electron chi connectivity index (χ0n) is 16.4. The van der Waals surface area contributed by atoms with Crippen molar-refractivity contribution in [2.24, 2.45) is 4.99 Å². The summed E-state index contributed by atoms with van der Waals surface area (Å²) in [4.78, 5) is 21.4. The number of carbonyl (C=O) groups is 1. The molecule has 1 aliphatic heterocycles. The van der Waals surface area contributed by atoms with Crippen molar-refractivity contribution >= 4 is 28.9 Å². The van der Waals surface area contributed by atoms with Gasteiger partial charge in [0.1, 0.15) is 0 Å². The maximum absolute atomic E-state index is 12.5. The third-order valence-electron chi connectivity index (χ3n) is 4.73.